The van der Waals surface area contributed by atoms with Crippen molar-refractivity contribution in [2.75, 3.05) is 0 Å². The van der Waals surface area contributed by atoms with Crippen LogP contribution in [0.2, 0.25) is 0 Å². The lowest BCUT2D eigenvalue weighted by Gasteiger charge is -2.04. The molecule has 0 unspecified atom stereocenters. The van der Waals surface area contributed by atoms with Gasteiger partial charge in [-0.2, -0.15) is 0 Å². The van der Waals surface area contributed by atoms with E-state index in [0.717, 1.165) is 53.5 Å². The monoisotopic (exact) mass is 462 g/mol. The predicted molar refractivity (Wildman–Crippen MR) is 128 cm³/mol. The number of hydrogen-bond acceptors (Lipinski definition) is 9. The van der Waals surface area contributed by atoms with Crippen molar-refractivity contribution in [1.29, 1.82) is 0 Å². The third-order valence-electron chi connectivity index (χ3n) is 4.72. The maximum atomic E-state index is 4.67. The number of para-hydroxylation sites is 2. The molecule has 0 radical (unpaired) electrons. The summed E-state index contributed by atoms with van der Waals surface area (Å²) in [6.45, 7) is 4.04. The molecule has 0 saturated heterocycles. The normalized spacial score (nSPS) is 11.4. The van der Waals surface area contributed by atoms with Crippen LogP contribution in [0.5, 0.6) is 0 Å². The fraction of sp³-hybridized carbons (Fsp3) is 0.182. The van der Waals surface area contributed by atoms with Gasteiger partial charge in [0.05, 0.1) is 22.5 Å². The summed E-state index contributed by atoms with van der Waals surface area (Å²) in [5, 5.41) is 10.8. The van der Waals surface area contributed by atoms with Gasteiger partial charge in [-0.25, -0.2) is 19.9 Å². The largest absolute Gasteiger partial charge is 0.237 e. The van der Waals surface area contributed by atoms with Gasteiger partial charge in [-0.1, -0.05) is 71.3 Å². The maximum absolute atomic E-state index is 4.67. The van der Waals surface area contributed by atoms with Crippen molar-refractivity contribution >= 4 is 56.7 Å². The van der Waals surface area contributed by atoms with Crippen LogP contribution in [0.15, 0.2) is 57.2 Å². The van der Waals surface area contributed by atoms with Crippen LogP contribution in [0.3, 0.4) is 0 Å². The summed E-state index contributed by atoms with van der Waals surface area (Å²) in [7, 11) is 0. The maximum Gasteiger partial charge on any atom is 0.175 e. The summed E-state index contributed by atoms with van der Waals surface area (Å²) in [6.07, 6.45) is 0. The predicted octanol–water partition coefficient (Wildman–Crippen LogP) is 5.63. The minimum absolute atomic E-state index is 0.665. The molecule has 0 saturated carbocycles. The number of benzene rings is 2. The quantitative estimate of drug-likeness (QED) is 0.301. The van der Waals surface area contributed by atoms with Crippen LogP contribution in [0.1, 0.15) is 23.0 Å². The van der Waals surface area contributed by atoms with Crippen molar-refractivity contribution in [2.24, 2.45) is 0 Å². The Hall–Kier alpha value is -2.62. The highest BCUT2D eigenvalue weighted by Crippen LogP contribution is 2.32. The lowest BCUT2D eigenvalue weighted by atomic mass is 10.2. The standard InChI is InChI=1S/C22H18N6S3/c1-13-15-7-3-5-9-17(15)25-19(23-13)11-29-21-27-28-22(31-21)30-12-20-24-14(2)16-8-4-6-10-18(16)26-20/h3-10H,11-12H2,1-2H3. The van der Waals surface area contributed by atoms with Crippen molar-refractivity contribution in [2.45, 2.75) is 34.0 Å². The Bertz CT molecular complexity index is 1280. The molecule has 6 nitrogen and oxygen atoms in total. The van der Waals surface area contributed by atoms with Gasteiger partial charge in [0.1, 0.15) is 11.6 Å². The molecular formula is C22H18N6S3. The Morgan fingerprint density at radius 1 is 0.645 bits per heavy atom. The molecule has 0 fully saturated rings. The molecule has 31 heavy (non-hydrogen) atoms. The molecule has 9 heteroatoms. The van der Waals surface area contributed by atoms with Crippen LogP contribution >= 0.6 is 34.9 Å². The molecule has 0 spiro atoms. The third kappa shape index (κ3) is 4.53. The first-order valence-corrected chi connectivity index (χ1v) is 12.5. The summed E-state index contributed by atoms with van der Waals surface area (Å²) in [5.74, 6) is 2.95. The van der Waals surface area contributed by atoms with E-state index in [4.69, 9.17) is 0 Å². The van der Waals surface area contributed by atoms with Gasteiger partial charge < -0.3 is 0 Å². The van der Waals surface area contributed by atoms with E-state index in [1.807, 2.05) is 50.2 Å². The van der Waals surface area contributed by atoms with Crippen LogP contribution in [0.4, 0.5) is 0 Å². The van der Waals surface area contributed by atoms with Crippen molar-refractivity contribution in [3.05, 3.63) is 71.6 Å². The molecule has 5 aromatic rings. The van der Waals surface area contributed by atoms with Crippen LogP contribution in [-0.4, -0.2) is 30.1 Å². The highest BCUT2D eigenvalue weighted by Gasteiger charge is 2.11. The number of hydrogen-bond donors (Lipinski definition) is 0. The van der Waals surface area contributed by atoms with Crippen LogP contribution < -0.4 is 0 Å². The molecule has 3 heterocycles. The SMILES string of the molecule is Cc1nc(CSc2nnc(SCc3nc(C)c4ccccc4n3)s2)nc2ccccc12. The van der Waals surface area contributed by atoms with E-state index < -0.39 is 0 Å². The zero-order chi connectivity index (χ0) is 21.2. The van der Waals surface area contributed by atoms with E-state index in [0.29, 0.717) is 11.5 Å². The van der Waals surface area contributed by atoms with E-state index in [-0.39, 0.29) is 0 Å². The molecule has 0 N–H and O–H groups in total. The lowest BCUT2D eigenvalue weighted by Crippen LogP contribution is -1.96. The van der Waals surface area contributed by atoms with Gasteiger partial charge in [-0.05, 0) is 26.0 Å². The van der Waals surface area contributed by atoms with Gasteiger partial charge in [0.15, 0.2) is 8.68 Å². The van der Waals surface area contributed by atoms with Gasteiger partial charge in [-0.15, -0.1) is 10.2 Å². The van der Waals surface area contributed by atoms with E-state index in [2.05, 4.69) is 42.3 Å². The summed E-state index contributed by atoms with van der Waals surface area (Å²) < 4.78 is 1.82. The molecule has 0 aliphatic heterocycles. The number of aromatic nitrogens is 6. The molecule has 3 aromatic heterocycles. The highest BCUT2D eigenvalue weighted by atomic mass is 32.2. The topological polar surface area (TPSA) is 77.3 Å². The molecule has 0 bridgehead atoms. The Labute approximate surface area is 192 Å². The average Bonchev–Trinajstić information content (AvgIpc) is 3.24. The van der Waals surface area contributed by atoms with E-state index in [9.17, 15) is 0 Å². The lowest BCUT2D eigenvalue weighted by molar-refractivity contribution is 0.949. The second-order valence-corrected chi connectivity index (χ2v) is 10.3. The van der Waals surface area contributed by atoms with Gasteiger partial charge >= 0.3 is 0 Å². The Morgan fingerprint density at radius 2 is 1.10 bits per heavy atom. The number of fused-ring (bicyclic) bond motifs is 2. The average molecular weight is 463 g/mol. The summed E-state index contributed by atoms with van der Waals surface area (Å²) >= 11 is 4.81. The van der Waals surface area contributed by atoms with Gasteiger partial charge in [0.25, 0.3) is 0 Å². The third-order valence-corrected chi connectivity index (χ3v) is 7.90. The van der Waals surface area contributed by atoms with E-state index >= 15 is 0 Å². The summed E-state index contributed by atoms with van der Waals surface area (Å²) in [4.78, 5) is 18.6. The smallest absolute Gasteiger partial charge is 0.175 e. The second kappa shape index (κ2) is 8.86. The summed E-state index contributed by atoms with van der Waals surface area (Å²) in [6, 6.07) is 16.2. The van der Waals surface area contributed by atoms with Crippen molar-refractivity contribution in [1.82, 2.24) is 30.1 Å². The van der Waals surface area contributed by atoms with Crippen molar-refractivity contribution < 1.29 is 0 Å². The zero-order valence-electron chi connectivity index (χ0n) is 16.9. The molecule has 0 atom stereocenters. The van der Waals surface area contributed by atoms with Gasteiger partial charge in [0.2, 0.25) is 0 Å². The first-order chi connectivity index (χ1) is 15.2. The molecule has 0 aliphatic rings. The Balaban J connectivity index is 1.24. The Morgan fingerprint density at radius 3 is 1.58 bits per heavy atom. The molecule has 5 rings (SSSR count). The number of nitrogens with zero attached hydrogens (tertiary/aromatic N) is 6. The van der Waals surface area contributed by atoms with E-state index in [1.54, 1.807) is 34.9 Å². The van der Waals surface area contributed by atoms with Crippen LogP contribution in [0, 0.1) is 13.8 Å². The van der Waals surface area contributed by atoms with Gasteiger partial charge in [-0.3, -0.25) is 0 Å². The number of rotatable bonds is 6. The van der Waals surface area contributed by atoms with Crippen LogP contribution in [0.25, 0.3) is 21.8 Å². The molecular weight excluding hydrogens is 444 g/mol. The second-order valence-electron chi connectivity index (χ2n) is 6.90. The first-order valence-electron chi connectivity index (χ1n) is 9.69. The van der Waals surface area contributed by atoms with E-state index in [1.165, 1.54) is 0 Å². The number of thioether (sulfide) groups is 2. The fourth-order valence-electron chi connectivity index (χ4n) is 3.29. The fourth-order valence-corrected chi connectivity index (χ4v) is 6.02. The molecule has 154 valence electrons. The first kappa shape index (κ1) is 20.3. The highest BCUT2D eigenvalue weighted by molar-refractivity contribution is 8.02. The molecule has 0 amide bonds. The summed E-state index contributed by atoms with van der Waals surface area (Å²) in [5.41, 5.74) is 3.95. The minimum Gasteiger partial charge on any atom is -0.237 e. The van der Waals surface area contributed by atoms with Crippen LogP contribution in [-0.2, 0) is 11.5 Å². The van der Waals surface area contributed by atoms with Crippen molar-refractivity contribution in [3.8, 4) is 0 Å². The van der Waals surface area contributed by atoms with Gasteiger partial charge in [0, 0.05) is 22.2 Å². The molecule has 2 aromatic carbocycles. The Kier molecular flexibility index (Phi) is 5.80. The number of aryl methyl sites for hydroxylation is 2. The molecule has 0 aliphatic carbocycles. The minimum atomic E-state index is 0.665. The van der Waals surface area contributed by atoms with Crippen molar-refractivity contribution in [3.63, 3.8) is 0 Å². The zero-order valence-corrected chi connectivity index (χ0v) is 19.4.